The first-order valence-corrected chi connectivity index (χ1v) is 12.4. The average molecular weight is 523 g/mol. The number of H-pyrrole nitrogens is 1. The second-order valence-electron chi connectivity index (χ2n) is 8.43. The number of allylic oxidation sites excluding steroid dienone is 1. The Morgan fingerprint density at radius 2 is 1.81 bits per heavy atom. The van der Waals surface area contributed by atoms with Crippen molar-refractivity contribution in [2.45, 2.75) is 54.5 Å². The van der Waals surface area contributed by atoms with Crippen LogP contribution in [0.2, 0.25) is 0 Å². The maximum Gasteiger partial charge on any atom is 1.00 e. The molecule has 37 heavy (non-hydrogen) atoms. The van der Waals surface area contributed by atoms with Crippen molar-refractivity contribution in [2.24, 2.45) is 0 Å². The van der Waals surface area contributed by atoms with Gasteiger partial charge in [0.05, 0.1) is 6.04 Å². The van der Waals surface area contributed by atoms with Gasteiger partial charge in [0.1, 0.15) is 0 Å². The molecule has 3 rings (SSSR count). The van der Waals surface area contributed by atoms with Gasteiger partial charge < -0.3 is 20.4 Å². The van der Waals surface area contributed by atoms with Gasteiger partial charge in [0.15, 0.2) is 0 Å². The summed E-state index contributed by atoms with van der Waals surface area (Å²) >= 11 is 0. The van der Waals surface area contributed by atoms with Gasteiger partial charge in [0.2, 0.25) is 5.91 Å². The molecule has 0 aliphatic carbocycles. The van der Waals surface area contributed by atoms with E-state index in [2.05, 4.69) is 28.3 Å². The van der Waals surface area contributed by atoms with Gasteiger partial charge in [0.25, 0.3) is 0 Å². The number of benzene rings is 2. The van der Waals surface area contributed by atoms with Gasteiger partial charge in [-0.25, -0.2) is 11.6 Å². The Balaban J connectivity index is 0.00000223. The first-order chi connectivity index (χ1) is 17.2. The maximum absolute atomic E-state index is 12.9. The molecule has 0 radical (unpaired) electrons. The fraction of sp³-hybridized carbons (Fsp3) is 0.290. The van der Waals surface area contributed by atoms with Crippen LogP contribution in [0.5, 0.6) is 0 Å². The average Bonchev–Trinajstić information content (AvgIpc) is 3.16. The monoisotopic (exact) mass is 522 g/mol. The van der Waals surface area contributed by atoms with Crippen LogP contribution in [0.4, 0.5) is 0 Å². The Kier molecular flexibility index (Phi) is 14.1. The second-order valence-corrected chi connectivity index (χ2v) is 8.43. The molecular formula is C31H37KN3O2-. The van der Waals surface area contributed by atoms with Crippen LogP contribution >= 0.6 is 0 Å². The van der Waals surface area contributed by atoms with E-state index in [1.165, 1.54) is 5.56 Å². The standard InChI is InChI=1S/C29H31N3O2.C2H6.K/c1-7-30-21(5)28-19(3)27(31-22(28)6)16-26(17-33)24-9-8-10-25(15-24)29(34)32-20(4)23-13-11-18(2)12-14-23;1-2;/h8,10-16,20,30-31H,5,7H2,1-4,6H3,(H,32,34);1-2H3;/q-2;;+1/b26-16+;;. The smallest absolute Gasteiger partial charge is 0.388 e. The van der Waals surface area contributed by atoms with E-state index in [0.29, 0.717) is 16.7 Å². The molecule has 0 aliphatic heterocycles. The van der Waals surface area contributed by atoms with Crippen LogP contribution < -0.4 is 62.0 Å². The van der Waals surface area contributed by atoms with Crippen molar-refractivity contribution in [1.29, 1.82) is 0 Å². The first kappa shape index (κ1) is 32.8. The van der Waals surface area contributed by atoms with Crippen molar-refractivity contribution >= 4 is 29.5 Å². The second kappa shape index (κ2) is 15.9. The minimum absolute atomic E-state index is 0. The van der Waals surface area contributed by atoms with Crippen molar-refractivity contribution in [3.63, 3.8) is 0 Å². The zero-order valence-corrected chi connectivity index (χ0v) is 26.5. The zero-order valence-electron chi connectivity index (χ0n) is 23.4. The largest absolute Gasteiger partial charge is 1.00 e. The number of aromatic nitrogens is 1. The number of aromatic amines is 1. The molecule has 3 N–H and O–H groups in total. The summed E-state index contributed by atoms with van der Waals surface area (Å²) in [5.74, 6) is -0.218. The summed E-state index contributed by atoms with van der Waals surface area (Å²) in [6.07, 6.45) is 3.74. The van der Waals surface area contributed by atoms with Crippen molar-refractivity contribution in [3.05, 3.63) is 99.9 Å². The molecule has 5 nitrogen and oxygen atoms in total. The van der Waals surface area contributed by atoms with E-state index in [1.807, 2.05) is 79.0 Å². The summed E-state index contributed by atoms with van der Waals surface area (Å²) in [5, 5.41) is 6.26. The van der Waals surface area contributed by atoms with Crippen LogP contribution in [0.3, 0.4) is 0 Å². The van der Waals surface area contributed by atoms with E-state index in [1.54, 1.807) is 24.3 Å². The molecule has 6 heteroatoms. The van der Waals surface area contributed by atoms with E-state index in [0.717, 1.165) is 40.3 Å². The third-order valence-electron chi connectivity index (χ3n) is 5.85. The predicted octanol–water partition coefficient (Wildman–Crippen LogP) is 3.49. The van der Waals surface area contributed by atoms with Crippen LogP contribution in [0.25, 0.3) is 17.3 Å². The van der Waals surface area contributed by atoms with Crippen LogP contribution in [-0.4, -0.2) is 23.7 Å². The van der Waals surface area contributed by atoms with E-state index < -0.39 is 0 Å². The number of aryl methyl sites for hydroxylation is 2. The van der Waals surface area contributed by atoms with Crippen molar-refractivity contribution in [2.75, 3.05) is 6.54 Å². The Labute approximate surface area is 264 Å². The number of hydrogen-bond acceptors (Lipinski definition) is 3. The molecule has 2 aromatic carbocycles. The number of hydrogen-bond donors (Lipinski definition) is 3. The van der Waals surface area contributed by atoms with E-state index in [4.69, 9.17) is 0 Å². The first-order valence-electron chi connectivity index (χ1n) is 12.4. The Hall–Kier alpha value is -2.22. The fourth-order valence-electron chi connectivity index (χ4n) is 3.96. The number of carbonyl (C=O) groups excluding carboxylic acids is 2. The van der Waals surface area contributed by atoms with Gasteiger partial charge in [-0.05, 0) is 51.4 Å². The summed E-state index contributed by atoms with van der Waals surface area (Å²) in [7, 11) is 0. The van der Waals surface area contributed by atoms with E-state index in [9.17, 15) is 9.59 Å². The Bertz CT molecular complexity index is 1240. The van der Waals surface area contributed by atoms with Gasteiger partial charge in [-0.3, -0.25) is 10.4 Å². The van der Waals surface area contributed by atoms with E-state index >= 15 is 0 Å². The van der Waals surface area contributed by atoms with Crippen molar-refractivity contribution in [1.82, 2.24) is 15.6 Å². The topological polar surface area (TPSA) is 74.0 Å². The SMILES string of the molecule is C=C(NCC)c1c(C)[nH]c(/C=C(\[C-]=O)c2[c-]ccc(C(=O)NC(C)c3ccc(C)cc3)c2)c1C.CC.[K+]. The third kappa shape index (κ3) is 8.65. The molecule has 1 aromatic heterocycles. The summed E-state index contributed by atoms with van der Waals surface area (Å²) in [5.41, 5.74) is 8.03. The minimum Gasteiger partial charge on any atom is -0.388 e. The predicted molar refractivity (Wildman–Crippen MR) is 150 cm³/mol. The summed E-state index contributed by atoms with van der Waals surface area (Å²) in [4.78, 5) is 28.1. The Morgan fingerprint density at radius 3 is 2.41 bits per heavy atom. The molecule has 3 aromatic rings. The van der Waals surface area contributed by atoms with Crippen molar-refractivity contribution < 1.29 is 61.0 Å². The molecular weight excluding hydrogens is 485 g/mol. The zero-order chi connectivity index (χ0) is 26.8. The third-order valence-corrected chi connectivity index (χ3v) is 5.85. The molecule has 0 aliphatic rings. The number of amides is 1. The number of carbonyl (C=O) groups is 1. The summed E-state index contributed by atoms with van der Waals surface area (Å²) in [6.45, 7) is 18.8. The molecule has 1 amide bonds. The van der Waals surface area contributed by atoms with Crippen molar-refractivity contribution in [3.8, 4) is 0 Å². The number of rotatable bonds is 9. The van der Waals surface area contributed by atoms with Crippen LogP contribution in [0.1, 0.15) is 83.3 Å². The van der Waals surface area contributed by atoms with Gasteiger partial charge in [-0.2, -0.15) is 18.2 Å². The number of nitrogens with one attached hydrogen (secondary N) is 3. The summed E-state index contributed by atoms with van der Waals surface area (Å²) < 4.78 is 0. The minimum atomic E-state index is -0.218. The molecule has 1 heterocycles. The Morgan fingerprint density at radius 1 is 1.16 bits per heavy atom. The van der Waals surface area contributed by atoms with Crippen LogP contribution in [0, 0.1) is 26.8 Å². The van der Waals surface area contributed by atoms with E-state index in [-0.39, 0.29) is 63.3 Å². The molecule has 0 fully saturated rings. The van der Waals surface area contributed by atoms with Gasteiger partial charge in [-0.1, -0.05) is 55.8 Å². The van der Waals surface area contributed by atoms with Gasteiger partial charge in [-0.15, -0.1) is 6.07 Å². The quantitative estimate of drug-likeness (QED) is 0.229. The molecule has 1 atom stereocenters. The fourth-order valence-corrected chi connectivity index (χ4v) is 3.96. The van der Waals surface area contributed by atoms with Crippen LogP contribution in [0.15, 0.2) is 49.0 Å². The van der Waals surface area contributed by atoms with Gasteiger partial charge in [0, 0.05) is 29.8 Å². The molecule has 0 spiro atoms. The molecule has 0 saturated heterocycles. The molecule has 190 valence electrons. The summed E-state index contributed by atoms with van der Waals surface area (Å²) in [6, 6.07) is 16.0. The van der Waals surface area contributed by atoms with Crippen LogP contribution in [-0.2, 0) is 4.79 Å². The molecule has 1 unspecified atom stereocenters. The normalized spacial score (nSPS) is 11.4. The molecule has 0 saturated carbocycles. The maximum atomic E-state index is 12.9. The van der Waals surface area contributed by atoms with Gasteiger partial charge >= 0.3 is 51.4 Å². The molecule has 0 bridgehead atoms.